The van der Waals surface area contributed by atoms with Crippen molar-refractivity contribution in [3.63, 3.8) is 0 Å². The average molecular weight is 513 g/mol. The Bertz CT molecular complexity index is 1540. The zero-order valence-corrected chi connectivity index (χ0v) is 23.0. The van der Waals surface area contributed by atoms with Gasteiger partial charge in [0.2, 0.25) is 0 Å². The number of rotatable bonds is 2. The van der Waals surface area contributed by atoms with E-state index in [9.17, 15) is 0 Å². The molecule has 3 aromatic rings. The Labute approximate surface area is 232 Å². The monoisotopic (exact) mass is 512 g/mol. The van der Waals surface area contributed by atoms with Gasteiger partial charge in [-0.05, 0) is 59.2 Å². The van der Waals surface area contributed by atoms with E-state index in [2.05, 4.69) is 128 Å². The summed E-state index contributed by atoms with van der Waals surface area (Å²) in [6.07, 6.45) is 12.5. The number of allylic oxidation sites excluding steroid dienone is 1. The molecule has 3 aliphatic heterocycles. The van der Waals surface area contributed by atoms with Crippen molar-refractivity contribution in [1.29, 1.82) is 0 Å². The Morgan fingerprint density at radius 2 is 1.62 bits per heavy atom. The van der Waals surface area contributed by atoms with Crippen molar-refractivity contribution in [2.75, 3.05) is 16.3 Å². The summed E-state index contributed by atoms with van der Waals surface area (Å²) in [7, 11) is 0. The summed E-state index contributed by atoms with van der Waals surface area (Å²) in [4.78, 5) is 5.23. The van der Waals surface area contributed by atoms with Gasteiger partial charge < -0.3 is 14.5 Å². The molecule has 1 saturated heterocycles. The maximum atomic E-state index is 6.94. The van der Waals surface area contributed by atoms with Crippen LogP contribution in [0.1, 0.15) is 39.2 Å². The molecule has 5 atom stereocenters. The first-order valence-electron chi connectivity index (χ1n) is 14.6. The zero-order chi connectivity index (χ0) is 26.3. The van der Waals surface area contributed by atoms with E-state index in [0.717, 1.165) is 19.4 Å². The third kappa shape index (κ3) is 3.45. The number of hydrogen-bond acceptors (Lipinski definition) is 3. The highest BCUT2D eigenvalue weighted by atomic mass is 16.5. The van der Waals surface area contributed by atoms with Crippen molar-refractivity contribution in [2.45, 2.75) is 57.4 Å². The first-order chi connectivity index (χ1) is 19.0. The van der Waals surface area contributed by atoms with Gasteiger partial charge in [-0.2, -0.15) is 0 Å². The summed E-state index contributed by atoms with van der Waals surface area (Å²) in [5.41, 5.74) is 10.8. The Kier molecular flexibility index (Phi) is 5.07. The number of nitrogens with zero attached hydrogens (tertiary/aromatic N) is 2. The molecule has 0 saturated carbocycles. The highest BCUT2D eigenvalue weighted by molar-refractivity contribution is 5.92. The van der Waals surface area contributed by atoms with E-state index < -0.39 is 0 Å². The molecule has 0 amide bonds. The van der Waals surface area contributed by atoms with Crippen LogP contribution >= 0.6 is 0 Å². The van der Waals surface area contributed by atoms with Gasteiger partial charge in [-0.1, -0.05) is 93.6 Å². The summed E-state index contributed by atoms with van der Waals surface area (Å²) >= 11 is 0. The lowest BCUT2D eigenvalue weighted by molar-refractivity contribution is 0.0450. The van der Waals surface area contributed by atoms with Gasteiger partial charge in [0, 0.05) is 29.5 Å². The highest BCUT2D eigenvalue weighted by Crippen LogP contribution is 2.56. The van der Waals surface area contributed by atoms with Crippen LogP contribution in [0.2, 0.25) is 0 Å². The Morgan fingerprint density at radius 3 is 2.44 bits per heavy atom. The molecule has 3 nitrogen and oxygen atoms in total. The largest absolute Gasteiger partial charge is 0.369 e. The van der Waals surface area contributed by atoms with Crippen LogP contribution in [-0.2, 0) is 10.2 Å². The minimum atomic E-state index is 0.0724. The average Bonchev–Trinajstić information content (AvgIpc) is 3.61. The maximum absolute atomic E-state index is 6.94. The number of ether oxygens (including phenoxy) is 1. The van der Waals surface area contributed by atoms with Crippen molar-refractivity contribution in [2.24, 2.45) is 11.8 Å². The summed E-state index contributed by atoms with van der Waals surface area (Å²) < 4.78 is 6.94. The van der Waals surface area contributed by atoms with Crippen LogP contribution in [0, 0.1) is 11.8 Å². The van der Waals surface area contributed by atoms with Crippen molar-refractivity contribution in [3.05, 3.63) is 114 Å². The molecule has 0 spiro atoms. The third-order valence-corrected chi connectivity index (χ3v) is 9.53. The summed E-state index contributed by atoms with van der Waals surface area (Å²) in [5, 5.41) is 0. The fourth-order valence-corrected chi connectivity index (χ4v) is 7.62. The van der Waals surface area contributed by atoms with Crippen LogP contribution in [0.4, 0.5) is 17.1 Å². The predicted octanol–water partition coefficient (Wildman–Crippen LogP) is 8.17. The smallest absolute Gasteiger partial charge is 0.132 e. The minimum absolute atomic E-state index is 0.0724. The molecule has 0 bridgehead atoms. The second kappa shape index (κ2) is 8.47. The van der Waals surface area contributed by atoms with E-state index in [1.165, 1.54) is 44.9 Å². The molecule has 3 aromatic carbocycles. The first-order valence-corrected chi connectivity index (χ1v) is 14.6. The van der Waals surface area contributed by atoms with Crippen LogP contribution < -0.4 is 9.80 Å². The number of benzene rings is 3. The fourth-order valence-electron chi connectivity index (χ4n) is 7.62. The molecule has 3 heterocycles. The van der Waals surface area contributed by atoms with Gasteiger partial charge in [0.05, 0.1) is 29.3 Å². The van der Waals surface area contributed by atoms with Gasteiger partial charge in [-0.25, -0.2) is 0 Å². The SMILES string of the molecule is CC(C)(C)c1ccc(N2c3ccccc3N3CC4=C(C5OC6CCC=CC6C5C=C4)C32)c(-c2ccccc2)c1. The molecule has 0 N–H and O–H groups in total. The zero-order valence-electron chi connectivity index (χ0n) is 23.0. The molecule has 0 aromatic heterocycles. The molecule has 39 heavy (non-hydrogen) atoms. The van der Waals surface area contributed by atoms with Gasteiger partial charge >= 0.3 is 0 Å². The maximum Gasteiger partial charge on any atom is 0.132 e. The molecular weight excluding hydrogens is 476 g/mol. The summed E-state index contributed by atoms with van der Waals surface area (Å²) in [6.45, 7) is 7.84. The van der Waals surface area contributed by atoms with Crippen molar-refractivity contribution >= 4 is 17.1 Å². The summed E-state index contributed by atoms with van der Waals surface area (Å²) in [5.74, 6) is 0.916. The molecule has 0 radical (unpaired) electrons. The second-order valence-electron chi connectivity index (χ2n) is 12.8. The van der Waals surface area contributed by atoms with Gasteiger partial charge in [-0.3, -0.25) is 0 Å². The van der Waals surface area contributed by atoms with Gasteiger partial charge in [0.1, 0.15) is 6.17 Å². The number of anilines is 3. The van der Waals surface area contributed by atoms with E-state index in [-0.39, 0.29) is 17.7 Å². The number of hydrogen-bond donors (Lipinski definition) is 0. The molecule has 2 aliphatic carbocycles. The first kappa shape index (κ1) is 23.3. The lowest BCUT2D eigenvalue weighted by atomic mass is 9.77. The number of para-hydroxylation sites is 2. The molecule has 3 heteroatoms. The Hall–Kier alpha value is -3.56. The van der Waals surface area contributed by atoms with E-state index >= 15 is 0 Å². The quantitative estimate of drug-likeness (QED) is 0.322. The van der Waals surface area contributed by atoms with Crippen LogP contribution in [0.3, 0.4) is 0 Å². The van der Waals surface area contributed by atoms with Crippen LogP contribution in [0.5, 0.6) is 0 Å². The van der Waals surface area contributed by atoms with E-state index in [1.54, 1.807) is 0 Å². The second-order valence-corrected chi connectivity index (χ2v) is 12.8. The summed E-state index contributed by atoms with van der Waals surface area (Å²) in [6, 6.07) is 27.0. The number of fused-ring (bicyclic) bond motifs is 8. The van der Waals surface area contributed by atoms with Gasteiger partial charge in [0.25, 0.3) is 0 Å². The van der Waals surface area contributed by atoms with Crippen molar-refractivity contribution in [1.82, 2.24) is 0 Å². The highest BCUT2D eigenvalue weighted by Gasteiger charge is 2.54. The molecule has 5 unspecified atom stereocenters. The normalized spacial score (nSPS) is 28.3. The third-order valence-electron chi connectivity index (χ3n) is 9.53. The predicted molar refractivity (Wildman–Crippen MR) is 160 cm³/mol. The van der Waals surface area contributed by atoms with E-state index in [0.29, 0.717) is 17.9 Å². The lowest BCUT2D eigenvalue weighted by Crippen LogP contribution is -2.42. The lowest BCUT2D eigenvalue weighted by Gasteiger charge is -2.35. The van der Waals surface area contributed by atoms with Crippen molar-refractivity contribution in [3.8, 4) is 11.1 Å². The van der Waals surface area contributed by atoms with E-state index in [4.69, 9.17) is 4.74 Å². The molecular formula is C36H36N2O. The molecule has 5 aliphatic rings. The molecule has 8 rings (SSSR count). The Morgan fingerprint density at radius 1 is 0.821 bits per heavy atom. The minimum Gasteiger partial charge on any atom is -0.369 e. The van der Waals surface area contributed by atoms with Gasteiger partial charge in [0.15, 0.2) is 0 Å². The van der Waals surface area contributed by atoms with Crippen LogP contribution in [0.15, 0.2) is 108 Å². The topological polar surface area (TPSA) is 15.7 Å². The standard InChI is InChI=1S/C36H36N2O/c1-36(2,3)25-18-20-29(28(21-25)23-11-5-4-6-12-23)38-31-15-9-8-14-30(31)37-22-24-17-19-27-26-13-7-10-16-32(26)39-34(27)33(24)35(37)38/h4-9,11-15,17-21,26-27,32,34-35H,10,16,22H2,1-3H3. The van der Waals surface area contributed by atoms with E-state index in [1.807, 2.05) is 0 Å². The van der Waals surface area contributed by atoms with Crippen LogP contribution in [-0.4, -0.2) is 24.9 Å². The fraction of sp³-hybridized carbons (Fsp3) is 0.333. The van der Waals surface area contributed by atoms with Gasteiger partial charge in [-0.15, -0.1) is 0 Å². The molecule has 1 fully saturated rings. The Balaban J connectivity index is 1.31. The molecule has 196 valence electrons. The van der Waals surface area contributed by atoms with Crippen molar-refractivity contribution < 1.29 is 4.74 Å². The van der Waals surface area contributed by atoms with Crippen LogP contribution in [0.25, 0.3) is 11.1 Å².